The summed E-state index contributed by atoms with van der Waals surface area (Å²) in [6.45, 7) is 2.87. The van der Waals surface area contributed by atoms with E-state index in [1.54, 1.807) is 12.1 Å². The number of rotatable bonds is 4. The molecule has 2 unspecified atom stereocenters. The van der Waals surface area contributed by atoms with E-state index in [4.69, 9.17) is 4.74 Å². The Labute approximate surface area is 109 Å². The number of hydrogen-bond acceptors (Lipinski definition) is 2. The summed E-state index contributed by atoms with van der Waals surface area (Å²) in [5, 5.41) is 3.01. The van der Waals surface area contributed by atoms with Gasteiger partial charge < -0.3 is 10.1 Å². The molecule has 0 amide bonds. The second-order valence-electron chi connectivity index (χ2n) is 5.21. The van der Waals surface area contributed by atoms with Crippen LogP contribution in [0.3, 0.4) is 0 Å². The molecule has 2 nitrogen and oxygen atoms in total. The molecule has 3 heteroatoms. The molecule has 1 aromatic rings. The summed E-state index contributed by atoms with van der Waals surface area (Å²) in [4.78, 5) is 0. The normalized spacial score (nSPS) is 23.9. The van der Waals surface area contributed by atoms with E-state index in [2.05, 4.69) is 12.2 Å². The molecule has 0 bridgehead atoms. The molecule has 1 fully saturated rings. The molecule has 0 aliphatic heterocycles. The maximum absolute atomic E-state index is 13.9. The standard InChI is InChI=1S/C15H22FNO/c1-11-5-3-4-6-14(11)18-15-8-7-12(10-17-2)9-13(15)16/h7-9,11,14,17H,3-6,10H2,1-2H3. The molecule has 100 valence electrons. The maximum atomic E-state index is 13.9. The fourth-order valence-corrected chi connectivity index (χ4v) is 2.57. The van der Waals surface area contributed by atoms with Crippen molar-refractivity contribution < 1.29 is 9.13 Å². The molecule has 0 spiro atoms. The SMILES string of the molecule is CNCc1ccc(OC2CCCCC2C)c(F)c1. The van der Waals surface area contributed by atoms with Crippen LogP contribution in [0.5, 0.6) is 5.75 Å². The topological polar surface area (TPSA) is 21.3 Å². The van der Waals surface area contributed by atoms with Gasteiger partial charge in [-0.25, -0.2) is 4.39 Å². The smallest absolute Gasteiger partial charge is 0.165 e. The van der Waals surface area contributed by atoms with Crippen molar-refractivity contribution in [2.45, 2.75) is 45.3 Å². The predicted octanol–water partition coefficient (Wildman–Crippen LogP) is 3.50. The number of benzene rings is 1. The second kappa shape index (κ2) is 6.19. The summed E-state index contributed by atoms with van der Waals surface area (Å²) in [5.41, 5.74) is 0.944. The van der Waals surface area contributed by atoms with Crippen molar-refractivity contribution in [2.75, 3.05) is 7.05 Å². The third-order valence-corrected chi connectivity index (χ3v) is 3.69. The first-order valence-electron chi connectivity index (χ1n) is 6.80. The Hall–Kier alpha value is -1.09. The van der Waals surface area contributed by atoms with E-state index >= 15 is 0 Å². The van der Waals surface area contributed by atoms with E-state index in [0.29, 0.717) is 18.2 Å². The third-order valence-electron chi connectivity index (χ3n) is 3.69. The first kappa shape index (κ1) is 13.3. The molecule has 1 aromatic carbocycles. The van der Waals surface area contributed by atoms with Crippen molar-refractivity contribution in [3.8, 4) is 5.75 Å². The molecule has 18 heavy (non-hydrogen) atoms. The number of nitrogens with one attached hydrogen (secondary N) is 1. The van der Waals surface area contributed by atoms with Crippen molar-refractivity contribution in [3.05, 3.63) is 29.6 Å². The Morgan fingerprint density at radius 1 is 1.33 bits per heavy atom. The minimum atomic E-state index is -0.250. The zero-order valence-corrected chi connectivity index (χ0v) is 11.2. The highest BCUT2D eigenvalue weighted by molar-refractivity contribution is 5.29. The van der Waals surface area contributed by atoms with Gasteiger partial charge in [0.15, 0.2) is 11.6 Å². The summed E-state index contributed by atoms with van der Waals surface area (Å²) in [6, 6.07) is 5.23. The monoisotopic (exact) mass is 251 g/mol. The molecule has 1 aliphatic rings. The predicted molar refractivity (Wildman–Crippen MR) is 71.2 cm³/mol. The Balaban J connectivity index is 2.04. The number of hydrogen-bond donors (Lipinski definition) is 1. The summed E-state index contributed by atoms with van der Waals surface area (Å²) in [6.07, 6.45) is 4.85. The van der Waals surface area contributed by atoms with E-state index < -0.39 is 0 Å². The van der Waals surface area contributed by atoms with Crippen LogP contribution in [0.25, 0.3) is 0 Å². The van der Waals surface area contributed by atoms with Crippen molar-refractivity contribution >= 4 is 0 Å². The largest absolute Gasteiger partial charge is 0.487 e. The average Bonchev–Trinajstić information content (AvgIpc) is 2.35. The first-order chi connectivity index (χ1) is 8.70. The summed E-state index contributed by atoms with van der Waals surface area (Å²) < 4.78 is 19.7. The highest BCUT2D eigenvalue weighted by Gasteiger charge is 2.23. The molecule has 0 heterocycles. The first-order valence-corrected chi connectivity index (χ1v) is 6.80. The highest BCUT2D eigenvalue weighted by atomic mass is 19.1. The summed E-state index contributed by atoms with van der Waals surface area (Å²) in [5.74, 6) is 0.671. The van der Waals surface area contributed by atoms with Gasteiger partial charge in [-0.3, -0.25) is 0 Å². The third kappa shape index (κ3) is 3.22. The lowest BCUT2D eigenvalue weighted by Crippen LogP contribution is -2.28. The van der Waals surface area contributed by atoms with Gasteiger partial charge in [0.05, 0.1) is 0 Å². The minimum absolute atomic E-state index is 0.170. The Bertz CT molecular complexity index is 394. The van der Waals surface area contributed by atoms with E-state index in [1.807, 2.05) is 13.1 Å². The van der Waals surface area contributed by atoms with Gasteiger partial charge in [0.25, 0.3) is 0 Å². The second-order valence-corrected chi connectivity index (χ2v) is 5.21. The average molecular weight is 251 g/mol. The van der Waals surface area contributed by atoms with Crippen LogP contribution in [-0.2, 0) is 6.54 Å². The Kier molecular flexibility index (Phi) is 4.59. The highest BCUT2D eigenvalue weighted by Crippen LogP contribution is 2.29. The zero-order valence-electron chi connectivity index (χ0n) is 11.2. The lowest BCUT2D eigenvalue weighted by Gasteiger charge is -2.29. The molecular weight excluding hydrogens is 229 g/mol. The van der Waals surface area contributed by atoms with Crippen LogP contribution in [0.15, 0.2) is 18.2 Å². The van der Waals surface area contributed by atoms with Crippen molar-refractivity contribution in [3.63, 3.8) is 0 Å². The molecule has 1 aliphatic carbocycles. The number of ether oxygens (including phenoxy) is 1. The van der Waals surface area contributed by atoms with Crippen LogP contribution < -0.4 is 10.1 Å². The van der Waals surface area contributed by atoms with Crippen molar-refractivity contribution in [1.82, 2.24) is 5.32 Å². The molecule has 1 N–H and O–H groups in total. The van der Waals surface area contributed by atoms with Crippen LogP contribution in [0, 0.1) is 11.7 Å². The minimum Gasteiger partial charge on any atom is -0.487 e. The molecule has 0 aromatic heterocycles. The van der Waals surface area contributed by atoms with Crippen LogP contribution >= 0.6 is 0 Å². The Morgan fingerprint density at radius 2 is 2.11 bits per heavy atom. The molecule has 2 rings (SSSR count). The van der Waals surface area contributed by atoms with E-state index in [-0.39, 0.29) is 11.9 Å². The quantitative estimate of drug-likeness (QED) is 0.884. The van der Waals surface area contributed by atoms with Gasteiger partial charge in [-0.2, -0.15) is 0 Å². The van der Waals surface area contributed by atoms with Gasteiger partial charge in [-0.05, 0) is 49.9 Å². The van der Waals surface area contributed by atoms with Gasteiger partial charge >= 0.3 is 0 Å². The summed E-state index contributed by atoms with van der Waals surface area (Å²) in [7, 11) is 1.85. The van der Waals surface area contributed by atoms with E-state index in [0.717, 1.165) is 12.0 Å². The van der Waals surface area contributed by atoms with Crippen molar-refractivity contribution in [1.29, 1.82) is 0 Å². The van der Waals surface area contributed by atoms with Crippen LogP contribution in [-0.4, -0.2) is 13.2 Å². The van der Waals surface area contributed by atoms with Crippen LogP contribution in [0.4, 0.5) is 4.39 Å². The van der Waals surface area contributed by atoms with Gasteiger partial charge in [0, 0.05) is 6.54 Å². The van der Waals surface area contributed by atoms with Crippen LogP contribution in [0.2, 0.25) is 0 Å². The van der Waals surface area contributed by atoms with Gasteiger partial charge in [-0.1, -0.05) is 19.4 Å². The molecular formula is C15H22FNO. The number of halogens is 1. The Morgan fingerprint density at radius 3 is 2.78 bits per heavy atom. The molecule has 0 saturated heterocycles. The van der Waals surface area contributed by atoms with Gasteiger partial charge in [0.2, 0.25) is 0 Å². The maximum Gasteiger partial charge on any atom is 0.165 e. The fourth-order valence-electron chi connectivity index (χ4n) is 2.57. The fraction of sp³-hybridized carbons (Fsp3) is 0.600. The lowest BCUT2D eigenvalue weighted by atomic mass is 9.88. The lowest BCUT2D eigenvalue weighted by molar-refractivity contribution is 0.0980. The van der Waals surface area contributed by atoms with Crippen molar-refractivity contribution in [2.24, 2.45) is 5.92 Å². The van der Waals surface area contributed by atoms with Gasteiger partial charge in [-0.15, -0.1) is 0 Å². The van der Waals surface area contributed by atoms with E-state index in [1.165, 1.54) is 19.3 Å². The van der Waals surface area contributed by atoms with Gasteiger partial charge in [0.1, 0.15) is 6.10 Å². The summed E-state index contributed by atoms with van der Waals surface area (Å²) >= 11 is 0. The van der Waals surface area contributed by atoms with E-state index in [9.17, 15) is 4.39 Å². The zero-order chi connectivity index (χ0) is 13.0. The molecule has 0 radical (unpaired) electrons. The molecule has 2 atom stereocenters. The van der Waals surface area contributed by atoms with Crippen LogP contribution in [0.1, 0.15) is 38.2 Å². The molecule has 1 saturated carbocycles.